The van der Waals surface area contributed by atoms with Crippen molar-refractivity contribution in [3.63, 3.8) is 0 Å². The topological polar surface area (TPSA) is 140 Å². The van der Waals surface area contributed by atoms with Crippen molar-refractivity contribution < 1.29 is 41.5 Å². The molecule has 12 heteroatoms. The first kappa shape index (κ1) is 13.5. The molecule has 0 bridgehead atoms. The smallest absolute Gasteiger partial charge is 0.307 e. The lowest BCUT2D eigenvalue weighted by atomic mass is 10.5. The fraction of sp³-hybridized carbons (Fsp3) is 1.00. The summed E-state index contributed by atoms with van der Waals surface area (Å²) in [4.78, 5) is 25.3. The molecule has 0 spiro atoms. The first-order chi connectivity index (χ1) is 6.54. The van der Waals surface area contributed by atoms with Crippen molar-refractivity contribution in [2.45, 2.75) is 12.6 Å². The molecule has 90 valence electrons. The second-order valence-electron chi connectivity index (χ2n) is 2.81. The van der Waals surface area contributed by atoms with Gasteiger partial charge in [0.1, 0.15) is 0 Å². The molecular formula is C3H9O9P3. The zero-order valence-electron chi connectivity index (χ0n) is 7.42. The Hall–Kier alpha value is 0.450. The maximum Gasteiger partial charge on any atom is 0.488 e. The minimum atomic E-state index is -5.19. The van der Waals surface area contributed by atoms with Crippen molar-refractivity contribution in [3.05, 3.63) is 0 Å². The highest BCUT2D eigenvalue weighted by Gasteiger charge is 2.49. The van der Waals surface area contributed by atoms with Crippen molar-refractivity contribution in [2.75, 3.05) is 6.61 Å². The van der Waals surface area contributed by atoms with E-state index in [4.69, 9.17) is 14.7 Å². The molecule has 0 aromatic carbocycles. The van der Waals surface area contributed by atoms with Crippen LogP contribution in [0, 0.1) is 0 Å². The highest BCUT2D eigenvalue weighted by atomic mass is 31.3. The molecule has 3 atom stereocenters. The van der Waals surface area contributed by atoms with E-state index in [-0.39, 0.29) is 6.61 Å². The summed E-state index contributed by atoms with van der Waals surface area (Å²) in [6.45, 7) is 1.51. The van der Waals surface area contributed by atoms with Gasteiger partial charge in [-0.3, -0.25) is 4.57 Å². The SMILES string of the molecule is C[C@H]1COP1(=O)OP(=O)(O)OP(=O)(O)O. The molecule has 0 saturated carbocycles. The van der Waals surface area contributed by atoms with Crippen LogP contribution in [-0.2, 0) is 26.8 Å². The summed E-state index contributed by atoms with van der Waals surface area (Å²) < 4.78 is 44.6. The van der Waals surface area contributed by atoms with Gasteiger partial charge in [-0.25, -0.2) is 13.4 Å². The van der Waals surface area contributed by atoms with Crippen LogP contribution >= 0.6 is 23.2 Å². The van der Waals surface area contributed by atoms with Crippen LogP contribution in [-0.4, -0.2) is 26.9 Å². The molecule has 1 fully saturated rings. The van der Waals surface area contributed by atoms with Crippen LogP contribution in [0.15, 0.2) is 0 Å². The summed E-state index contributed by atoms with van der Waals surface area (Å²) in [5.74, 6) is 0. The van der Waals surface area contributed by atoms with Gasteiger partial charge in [-0.1, -0.05) is 0 Å². The normalized spacial score (nSPS) is 35.6. The summed E-state index contributed by atoms with van der Waals surface area (Å²) in [7, 11) is -14.1. The second-order valence-corrected chi connectivity index (χ2v) is 8.25. The first-order valence-electron chi connectivity index (χ1n) is 3.59. The lowest BCUT2D eigenvalue weighted by Crippen LogP contribution is -2.25. The Balaban J connectivity index is 2.69. The molecule has 1 heterocycles. The Morgan fingerprint density at radius 1 is 1.40 bits per heavy atom. The van der Waals surface area contributed by atoms with Gasteiger partial charge < -0.3 is 19.2 Å². The molecule has 0 amide bonds. The van der Waals surface area contributed by atoms with E-state index >= 15 is 0 Å². The molecular weight excluding hydrogens is 273 g/mol. The number of phosphoric acid groups is 2. The summed E-state index contributed by atoms with van der Waals surface area (Å²) in [6.07, 6.45) is 0. The van der Waals surface area contributed by atoms with E-state index in [2.05, 4.69) is 13.1 Å². The molecule has 0 radical (unpaired) electrons. The zero-order valence-corrected chi connectivity index (χ0v) is 10.1. The molecule has 3 N–H and O–H groups in total. The summed E-state index contributed by atoms with van der Waals surface area (Å²) in [5.41, 5.74) is -0.613. The van der Waals surface area contributed by atoms with Gasteiger partial charge in [-0.2, -0.15) is 4.31 Å². The predicted molar refractivity (Wildman–Crippen MR) is 47.1 cm³/mol. The Kier molecular flexibility index (Phi) is 3.64. The van der Waals surface area contributed by atoms with Crippen molar-refractivity contribution in [3.8, 4) is 0 Å². The third-order valence-corrected chi connectivity index (χ3v) is 6.61. The third kappa shape index (κ3) is 3.75. The molecule has 15 heavy (non-hydrogen) atoms. The molecule has 1 rings (SSSR count). The second kappa shape index (κ2) is 4.04. The monoisotopic (exact) mass is 282 g/mol. The van der Waals surface area contributed by atoms with Gasteiger partial charge in [0.2, 0.25) is 0 Å². The average Bonchev–Trinajstić information content (AvgIpc) is 1.96. The predicted octanol–water partition coefficient (Wildman–Crippen LogP) is 0.824. The van der Waals surface area contributed by atoms with Crippen LogP contribution in [0.3, 0.4) is 0 Å². The number of rotatable bonds is 4. The maximum atomic E-state index is 11.4. The molecule has 0 aromatic rings. The minimum absolute atomic E-state index is 0.0766. The van der Waals surface area contributed by atoms with Crippen molar-refractivity contribution in [1.29, 1.82) is 0 Å². The van der Waals surface area contributed by atoms with Crippen LogP contribution in [0.5, 0.6) is 0 Å². The standard InChI is InChI=1S/C3H9O9P3/c1-3-2-10-13(3,4)11-15(8,9)12-14(5,6)7/h3H,2H2,1H3,(H,8,9)(H2,5,6,7)/t3-,13?/m0/s1. The highest BCUT2D eigenvalue weighted by Crippen LogP contribution is 2.72. The van der Waals surface area contributed by atoms with E-state index in [1.807, 2.05) is 0 Å². The van der Waals surface area contributed by atoms with Gasteiger partial charge in [0.05, 0.1) is 12.3 Å². The zero-order chi connectivity index (χ0) is 11.9. The molecule has 1 aliphatic heterocycles. The van der Waals surface area contributed by atoms with Crippen LogP contribution < -0.4 is 0 Å². The fourth-order valence-corrected chi connectivity index (χ4v) is 4.88. The van der Waals surface area contributed by atoms with Crippen molar-refractivity contribution in [1.82, 2.24) is 0 Å². The number of hydrogen-bond acceptors (Lipinski definition) is 6. The van der Waals surface area contributed by atoms with E-state index in [9.17, 15) is 13.7 Å². The van der Waals surface area contributed by atoms with Crippen LogP contribution in [0.4, 0.5) is 0 Å². The van der Waals surface area contributed by atoms with E-state index in [1.165, 1.54) is 6.92 Å². The van der Waals surface area contributed by atoms with Gasteiger partial charge in [-0.15, -0.1) is 0 Å². The van der Waals surface area contributed by atoms with Gasteiger partial charge >= 0.3 is 23.2 Å². The van der Waals surface area contributed by atoms with Crippen LogP contribution in [0.1, 0.15) is 6.92 Å². The average molecular weight is 282 g/mol. The van der Waals surface area contributed by atoms with E-state index in [0.717, 1.165) is 0 Å². The fourth-order valence-electron chi connectivity index (χ4n) is 0.743. The molecule has 0 aliphatic carbocycles. The molecule has 1 saturated heterocycles. The van der Waals surface area contributed by atoms with Crippen LogP contribution in [0.2, 0.25) is 0 Å². The van der Waals surface area contributed by atoms with Crippen molar-refractivity contribution >= 4 is 23.2 Å². The lowest BCUT2D eigenvalue weighted by molar-refractivity contribution is 0.167. The van der Waals surface area contributed by atoms with Gasteiger partial charge in [0.15, 0.2) is 0 Å². The lowest BCUT2D eigenvalue weighted by Gasteiger charge is -2.33. The van der Waals surface area contributed by atoms with Crippen molar-refractivity contribution in [2.24, 2.45) is 0 Å². The van der Waals surface area contributed by atoms with Crippen LogP contribution in [0.25, 0.3) is 0 Å². The van der Waals surface area contributed by atoms with Gasteiger partial charge in [0.25, 0.3) is 0 Å². The Morgan fingerprint density at radius 3 is 2.20 bits per heavy atom. The Morgan fingerprint density at radius 2 is 1.93 bits per heavy atom. The molecule has 2 unspecified atom stereocenters. The third-order valence-electron chi connectivity index (χ3n) is 1.46. The van der Waals surface area contributed by atoms with E-state index in [0.29, 0.717) is 0 Å². The summed E-state index contributed by atoms with van der Waals surface area (Å²) in [5, 5.41) is 0. The maximum absolute atomic E-state index is 11.4. The quantitative estimate of drug-likeness (QED) is 0.639. The van der Waals surface area contributed by atoms with E-state index < -0.39 is 28.9 Å². The Bertz CT molecular complexity index is 382. The van der Waals surface area contributed by atoms with Gasteiger partial charge in [0, 0.05) is 0 Å². The van der Waals surface area contributed by atoms with E-state index in [1.54, 1.807) is 0 Å². The molecule has 1 aliphatic rings. The number of hydrogen-bond donors (Lipinski definition) is 3. The highest BCUT2D eigenvalue weighted by molar-refractivity contribution is 7.69. The largest absolute Gasteiger partial charge is 0.488 e. The Labute approximate surface area is 84.7 Å². The summed E-state index contributed by atoms with van der Waals surface area (Å²) >= 11 is 0. The molecule has 0 aromatic heterocycles. The minimum Gasteiger partial charge on any atom is -0.307 e. The first-order valence-corrected chi connectivity index (χ1v) is 8.23. The molecule has 9 nitrogen and oxygen atoms in total. The summed E-state index contributed by atoms with van der Waals surface area (Å²) in [6, 6.07) is 0. The van der Waals surface area contributed by atoms with Gasteiger partial charge in [-0.05, 0) is 6.92 Å².